The molecule has 1 heteroatoms. The number of hydrogen-bond acceptors (Lipinski definition) is 1. The van der Waals surface area contributed by atoms with Crippen LogP contribution in [-0.4, -0.2) is 5.78 Å². The van der Waals surface area contributed by atoms with Crippen molar-refractivity contribution in [1.82, 2.24) is 0 Å². The molecule has 72 valence electrons. The van der Waals surface area contributed by atoms with E-state index < -0.39 is 0 Å². The molecule has 0 saturated heterocycles. The molecule has 0 bridgehead atoms. The Morgan fingerprint density at radius 2 is 2.38 bits per heavy atom. The largest absolute Gasteiger partial charge is 0.299 e. The molecule has 1 aliphatic rings. The van der Waals surface area contributed by atoms with Gasteiger partial charge in [-0.05, 0) is 39.0 Å². The Hall–Kier alpha value is -0.850. The number of carbonyl (C=O) groups excluding carboxylic acids is 1. The summed E-state index contributed by atoms with van der Waals surface area (Å²) in [5.41, 5.74) is 0.940. The van der Waals surface area contributed by atoms with Gasteiger partial charge in [0.1, 0.15) is 5.78 Å². The Balaban J connectivity index is 2.80. The maximum atomic E-state index is 11.6. The smallest absolute Gasteiger partial charge is 0.139 e. The lowest BCUT2D eigenvalue weighted by Crippen LogP contribution is -2.27. The zero-order valence-corrected chi connectivity index (χ0v) is 8.44. The van der Waals surface area contributed by atoms with E-state index in [0.717, 1.165) is 37.7 Å². The summed E-state index contributed by atoms with van der Waals surface area (Å²) in [4.78, 5) is 11.6. The molecular formula is C12H18O. The summed E-state index contributed by atoms with van der Waals surface area (Å²) in [5, 5.41) is 0. The molecule has 0 unspecified atom stereocenters. The molecule has 13 heavy (non-hydrogen) atoms. The highest BCUT2D eigenvalue weighted by molar-refractivity contribution is 5.86. The van der Waals surface area contributed by atoms with Crippen LogP contribution in [0, 0.1) is 5.41 Å². The molecule has 0 N–H and O–H groups in total. The van der Waals surface area contributed by atoms with Crippen LogP contribution in [0.25, 0.3) is 0 Å². The van der Waals surface area contributed by atoms with E-state index in [4.69, 9.17) is 0 Å². The minimum absolute atomic E-state index is 0.200. The molecule has 0 aliphatic heterocycles. The zero-order valence-electron chi connectivity index (χ0n) is 8.44. The van der Waals surface area contributed by atoms with Crippen LogP contribution in [0.1, 0.15) is 39.0 Å². The predicted molar refractivity (Wildman–Crippen MR) is 55.5 cm³/mol. The Morgan fingerprint density at radius 1 is 1.69 bits per heavy atom. The monoisotopic (exact) mass is 178 g/mol. The molecule has 1 saturated carbocycles. The van der Waals surface area contributed by atoms with Crippen molar-refractivity contribution in [2.75, 3.05) is 0 Å². The molecule has 0 spiro atoms. The summed E-state index contributed by atoms with van der Waals surface area (Å²) in [6.45, 7) is 9.42. The van der Waals surface area contributed by atoms with Gasteiger partial charge in [-0.25, -0.2) is 0 Å². The van der Waals surface area contributed by atoms with Crippen LogP contribution >= 0.6 is 0 Å². The van der Waals surface area contributed by atoms with Gasteiger partial charge in [0.15, 0.2) is 0 Å². The summed E-state index contributed by atoms with van der Waals surface area (Å²) in [5.74, 6) is 0.289. The lowest BCUT2D eigenvalue weighted by Gasteiger charge is -2.26. The third-order valence-corrected chi connectivity index (χ3v) is 3.21. The quantitative estimate of drug-likeness (QED) is 0.604. The summed E-state index contributed by atoms with van der Waals surface area (Å²) in [7, 11) is 0. The zero-order chi connectivity index (χ0) is 9.90. The summed E-state index contributed by atoms with van der Waals surface area (Å²) in [6, 6.07) is 0. The highest BCUT2D eigenvalue weighted by Gasteiger charge is 2.40. The Morgan fingerprint density at radius 3 is 2.77 bits per heavy atom. The number of ketones is 1. The van der Waals surface area contributed by atoms with E-state index in [0.29, 0.717) is 0 Å². The van der Waals surface area contributed by atoms with Gasteiger partial charge >= 0.3 is 0 Å². The van der Waals surface area contributed by atoms with Gasteiger partial charge in [0, 0.05) is 5.41 Å². The van der Waals surface area contributed by atoms with Crippen molar-refractivity contribution < 1.29 is 4.79 Å². The van der Waals surface area contributed by atoms with Crippen LogP contribution in [0.3, 0.4) is 0 Å². The molecule has 0 aromatic rings. The van der Waals surface area contributed by atoms with Gasteiger partial charge in [-0.2, -0.15) is 0 Å². The first-order valence-electron chi connectivity index (χ1n) is 4.93. The highest BCUT2D eigenvalue weighted by atomic mass is 16.1. The van der Waals surface area contributed by atoms with E-state index in [1.54, 1.807) is 6.92 Å². The normalized spacial score (nSPS) is 27.6. The van der Waals surface area contributed by atoms with Gasteiger partial charge in [0.05, 0.1) is 0 Å². The topological polar surface area (TPSA) is 17.1 Å². The molecule has 1 rings (SSSR count). The molecule has 1 fully saturated rings. The van der Waals surface area contributed by atoms with Crippen LogP contribution in [-0.2, 0) is 4.79 Å². The SMILES string of the molecule is C=CCC[C@]1(C(C)=O)CCCC1=C. The average Bonchev–Trinajstić information content (AvgIpc) is 2.45. The van der Waals surface area contributed by atoms with Crippen molar-refractivity contribution >= 4 is 5.78 Å². The van der Waals surface area contributed by atoms with Crippen molar-refractivity contribution in [3.63, 3.8) is 0 Å². The number of carbonyl (C=O) groups is 1. The lowest BCUT2D eigenvalue weighted by molar-refractivity contribution is -0.124. The molecular weight excluding hydrogens is 160 g/mol. The van der Waals surface area contributed by atoms with Crippen LogP contribution < -0.4 is 0 Å². The van der Waals surface area contributed by atoms with E-state index in [1.165, 1.54) is 0 Å². The van der Waals surface area contributed by atoms with E-state index in [2.05, 4.69) is 13.2 Å². The van der Waals surface area contributed by atoms with Crippen molar-refractivity contribution in [3.8, 4) is 0 Å². The lowest BCUT2D eigenvalue weighted by atomic mass is 9.75. The molecule has 0 aromatic heterocycles. The van der Waals surface area contributed by atoms with Gasteiger partial charge in [-0.3, -0.25) is 4.79 Å². The molecule has 0 amide bonds. The fourth-order valence-electron chi connectivity index (χ4n) is 2.27. The van der Waals surface area contributed by atoms with Gasteiger partial charge in [-0.1, -0.05) is 18.2 Å². The minimum Gasteiger partial charge on any atom is -0.299 e. The molecule has 1 aliphatic carbocycles. The van der Waals surface area contributed by atoms with Gasteiger partial charge < -0.3 is 0 Å². The number of allylic oxidation sites excluding steroid dienone is 2. The molecule has 1 nitrogen and oxygen atoms in total. The van der Waals surface area contributed by atoms with E-state index in [1.807, 2.05) is 6.08 Å². The van der Waals surface area contributed by atoms with Crippen LogP contribution in [0.15, 0.2) is 24.8 Å². The van der Waals surface area contributed by atoms with E-state index in [9.17, 15) is 4.79 Å². The van der Waals surface area contributed by atoms with Crippen LogP contribution in [0.2, 0.25) is 0 Å². The second-order valence-electron chi connectivity index (χ2n) is 3.92. The average molecular weight is 178 g/mol. The second-order valence-corrected chi connectivity index (χ2v) is 3.92. The summed E-state index contributed by atoms with van der Waals surface area (Å²) >= 11 is 0. The molecule has 0 heterocycles. The molecule has 0 radical (unpaired) electrons. The number of hydrogen-bond donors (Lipinski definition) is 0. The molecule has 0 aromatic carbocycles. The standard InChI is InChI=1S/C12H18O/c1-4-5-8-12(11(3)13)9-6-7-10(12)2/h4H,1-2,5-9H2,3H3/t12-/m0/s1. The summed E-state index contributed by atoms with van der Waals surface area (Å²) in [6.07, 6.45) is 6.85. The Bertz CT molecular complexity index is 240. The van der Waals surface area contributed by atoms with Crippen molar-refractivity contribution in [2.24, 2.45) is 5.41 Å². The second kappa shape index (κ2) is 3.91. The fraction of sp³-hybridized carbons (Fsp3) is 0.583. The van der Waals surface area contributed by atoms with E-state index in [-0.39, 0.29) is 11.2 Å². The van der Waals surface area contributed by atoms with Gasteiger partial charge in [0.25, 0.3) is 0 Å². The first-order valence-corrected chi connectivity index (χ1v) is 4.93. The highest BCUT2D eigenvalue weighted by Crippen LogP contribution is 2.46. The van der Waals surface area contributed by atoms with Crippen LogP contribution in [0.5, 0.6) is 0 Å². The first kappa shape index (κ1) is 10.2. The number of Topliss-reactive ketones (excluding diaryl/α,β-unsaturated/α-hetero) is 1. The van der Waals surface area contributed by atoms with Crippen LogP contribution in [0.4, 0.5) is 0 Å². The Labute approximate surface area is 80.5 Å². The minimum atomic E-state index is -0.200. The van der Waals surface area contributed by atoms with Crippen molar-refractivity contribution in [3.05, 3.63) is 24.8 Å². The third-order valence-electron chi connectivity index (χ3n) is 3.21. The molecule has 1 atom stereocenters. The van der Waals surface area contributed by atoms with Crippen molar-refractivity contribution in [1.29, 1.82) is 0 Å². The first-order chi connectivity index (χ1) is 6.13. The van der Waals surface area contributed by atoms with E-state index >= 15 is 0 Å². The van der Waals surface area contributed by atoms with Gasteiger partial charge in [-0.15, -0.1) is 6.58 Å². The van der Waals surface area contributed by atoms with Crippen molar-refractivity contribution in [2.45, 2.75) is 39.0 Å². The predicted octanol–water partition coefficient (Wildman–Crippen LogP) is 3.27. The maximum Gasteiger partial charge on any atom is 0.139 e. The fourth-order valence-corrected chi connectivity index (χ4v) is 2.27. The maximum absolute atomic E-state index is 11.6. The Kier molecular flexibility index (Phi) is 3.07. The summed E-state index contributed by atoms with van der Waals surface area (Å²) < 4.78 is 0. The number of rotatable bonds is 4. The van der Waals surface area contributed by atoms with Gasteiger partial charge in [0.2, 0.25) is 0 Å². The third kappa shape index (κ3) is 1.74.